The molecule has 2 aromatic rings. The Morgan fingerprint density at radius 1 is 1.17 bits per heavy atom. The molecular formula is C23H28BrFN2O2S. The maximum absolute atomic E-state index is 13.8. The van der Waals surface area contributed by atoms with Gasteiger partial charge in [0.2, 0.25) is 11.8 Å². The average Bonchev–Trinajstić information content (AvgIpc) is 2.72. The normalized spacial score (nSPS) is 12.8. The smallest absolute Gasteiger partial charge is 0.242 e. The maximum Gasteiger partial charge on any atom is 0.242 e. The molecule has 0 fully saturated rings. The maximum atomic E-state index is 13.8. The number of hydrogen-bond donors (Lipinski definition) is 1. The Bertz CT molecular complexity index is 865. The molecule has 2 atom stereocenters. The summed E-state index contributed by atoms with van der Waals surface area (Å²) in [7, 11) is 0. The standard InChI is InChI=1S/C23H28BrFN2O2S/c1-4-16(2)26-23(29)17(3)27(13-18-8-7-10-20(24)12-18)22(28)15-30-14-19-9-5-6-11-21(19)25/h5-12,16-17H,4,13-15H2,1-3H3,(H,26,29)/t16-,17+/m1/s1. The van der Waals surface area contributed by atoms with Crippen molar-refractivity contribution in [3.8, 4) is 0 Å². The summed E-state index contributed by atoms with van der Waals surface area (Å²) < 4.78 is 14.7. The SMILES string of the molecule is CC[C@@H](C)NC(=O)[C@H](C)N(Cc1cccc(Br)c1)C(=O)CSCc1ccccc1F. The molecule has 0 bridgehead atoms. The molecule has 4 nitrogen and oxygen atoms in total. The number of carbonyl (C=O) groups excluding carboxylic acids is 2. The second kappa shape index (κ2) is 12.1. The first-order chi connectivity index (χ1) is 14.3. The molecule has 7 heteroatoms. The molecular weight excluding hydrogens is 467 g/mol. The number of hydrogen-bond acceptors (Lipinski definition) is 3. The number of thioether (sulfide) groups is 1. The molecule has 2 rings (SSSR count). The van der Waals surface area contributed by atoms with Crippen LogP contribution in [-0.4, -0.2) is 34.6 Å². The molecule has 0 unspecified atom stereocenters. The van der Waals surface area contributed by atoms with Gasteiger partial charge in [-0.3, -0.25) is 9.59 Å². The topological polar surface area (TPSA) is 49.4 Å². The number of amides is 2. The molecule has 0 aliphatic rings. The molecule has 0 saturated heterocycles. The highest BCUT2D eigenvalue weighted by molar-refractivity contribution is 9.10. The van der Waals surface area contributed by atoms with Crippen LogP contribution in [0.3, 0.4) is 0 Å². The summed E-state index contributed by atoms with van der Waals surface area (Å²) in [6.45, 7) is 6.01. The number of nitrogens with one attached hydrogen (secondary N) is 1. The van der Waals surface area contributed by atoms with E-state index in [1.165, 1.54) is 17.8 Å². The van der Waals surface area contributed by atoms with Crippen molar-refractivity contribution < 1.29 is 14.0 Å². The van der Waals surface area contributed by atoms with E-state index in [0.717, 1.165) is 16.5 Å². The summed E-state index contributed by atoms with van der Waals surface area (Å²) in [6, 6.07) is 13.7. The molecule has 0 radical (unpaired) electrons. The summed E-state index contributed by atoms with van der Waals surface area (Å²) in [4.78, 5) is 27.3. The zero-order valence-corrected chi connectivity index (χ0v) is 19.9. The van der Waals surface area contributed by atoms with Crippen molar-refractivity contribution in [1.29, 1.82) is 0 Å². The average molecular weight is 495 g/mol. The predicted molar refractivity (Wildman–Crippen MR) is 125 cm³/mol. The van der Waals surface area contributed by atoms with Crippen LogP contribution in [0.4, 0.5) is 4.39 Å². The van der Waals surface area contributed by atoms with Gasteiger partial charge in [0.15, 0.2) is 0 Å². The van der Waals surface area contributed by atoms with E-state index in [4.69, 9.17) is 0 Å². The van der Waals surface area contributed by atoms with Crippen molar-refractivity contribution in [3.05, 3.63) is 69.9 Å². The lowest BCUT2D eigenvalue weighted by Gasteiger charge is -2.29. The van der Waals surface area contributed by atoms with Gasteiger partial charge in [0.25, 0.3) is 0 Å². The molecule has 0 aliphatic heterocycles. The molecule has 0 spiro atoms. The van der Waals surface area contributed by atoms with Crippen LogP contribution in [0.25, 0.3) is 0 Å². The van der Waals surface area contributed by atoms with Gasteiger partial charge in [-0.2, -0.15) is 0 Å². The van der Waals surface area contributed by atoms with Crippen molar-refractivity contribution >= 4 is 39.5 Å². The van der Waals surface area contributed by atoms with Crippen LogP contribution in [0.5, 0.6) is 0 Å². The van der Waals surface area contributed by atoms with E-state index in [-0.39, 0.29) is 29.4 Å². The van der Waals surface area contributed by atoms with Crippen LogP contribution >= 0.6 is 27.7 Å². The van der Waals surface area contributed by atoms with Crippen LogP contribution in [0.15, 0.2) is 53.0 Å². The minimum absolute atomic E-state index is 0.0400. The van der Waals surface area contributed by atoms with Gasteiger partial charge in [0.1, 0.15) is 11.9 Å². The van der Waals surface area contributed by atoms with E-state index in [1.807, 2.05) is 38.1 Å². The summed E-state index contributed by atoms with van der Waals surface area (Å²) in [5, 5.41) is 2.95. The first-order valence-electron chi connectivity index (χ1n) is 9.97. The second-order valence-corrected chi connectivity index (χ2v) is 9.13. The fraction of sp³-hybridized carbons (Fsp3) is 0.391. The van der Waals surface area contributed by atoms with Crippen LogP contribution in [-0.2, 0) is 21.9 Å². The molecule has 2 aromatic carbocycles. The van der Waals surface area contributed by atoms with Crippen LogP contribution in [0, 0.1) is 5.82 Å². The number of rotatable bonds is 10. The minimum atomic E-state index is -0.612. The Labute approximate surface area is 190 Å². The zero-order valence-electron chi connectivity index (χ0n) is 17.5. The lowest BCUT2D eigenvalue weighted by molar-refractivity contribution is -0.138. The van der Waals surface area contributed by atoms with Crippen molar-refractivity contribution in [3.63, 3.8) is 0 Å². The van der Waals surface area contributed by atoms with Gasteiger partial charge in [0, 0.05) is 22.8 Å². The molecule has 0 aromatic heterocycles. The van der Waals surface area contributed by atoms with E-state index < -0.39 is 6.04 Å². The second-order valence-electron chi connectivity index (χ2n) is 7.23. The molecule has 162 valence electrons. The molecule has 2 amide bonds. The van der Waals surface area contributed by atoms with E-state index in [2.05, 4.69) is 21.2 Å². The highest BCUT2D eigenvalue weighted by atomic mass is 79.9. The first kappa shape index (κ1) is 24.4. The first-order valence-corrected chi connectivity index (χ1v) is 11.9. The summed E-state index contributed by atoms with van der Waals surface area (Å²) in [5.41, 5.74) is 1.50. The third-order valence-corrected chi connectivity index (χ3v) is 6.31. The fourth-order valence-electron chi connectivity index (χ4n) is 2.83. The summed E-state index contributed by atoms with van der Waals surface area (Å²) >= 11 is 4.80. The van der Waals surface area contributed by atoms with E-state index >= 15 is 0 Å². The third-order valence-electron chi connectivity index (χ3n) is 4.85. The minimum Gasteiger partial charge on any atom is -0.352 e. The van der Waals surface area contributed by atoms with Gasteiger partial charge in [-0.15, -0.1) is 11.8 Å². The largest absolute Gasteiger partial charge is 0.352 e. The van der Waals surface area contributed by atoms with Gasteiger partial charge >= 0.3 is 0 Å². The Hall–Kier alpha value is -1.86. The van der Waals surface area contributed by atoms with Crippen LogP contribution in [0.2, 0.25) is 0 Å². The van der Waals surface area contributed by atoms with Gasteiger partial charge in [-0.1, -0.05) is 53.2 Å². The van der Waals surface area contributed by atoms with Gasteiger partial charge in [0.05, 0.1) is 5.75 Å². The number of halogens is 2. The zero-order chi connectivity index (χ0) is 22.1. The highest BCUT2D eigenvalue weighted by Gasteiger charge is 2.26. The van der Waals surface area contributed by atoms with E-state index in [9.17, 15) is 14.0 Å². The van der Waals surface area contributed by atoms with Gasteiger partial charge < -0.3 is 10.2 Å². The predicted octanol–water partition coefficient (Wildman–Crippen LogP) is 5.15. The number of benzene rings is 2. The molecule has 1 N–H and O–H groups in total. The Balaban J connectivity index is 2.09. The van der Waals surface area contributed by atoms with Crippen LogP contribution in [0.1, 0.15) is 38.3 Å². The monoisotopic (exact) mass is 494 g/mol. The lowest BCUT2D eigenvalue weighted by Crippen LogP contribution is -2.50. The number of carbonyl (C=O) groups is 2. The Morgan fingerprint density at radius 3 is 2.57 bits per heavy atom. The molecule has 0 aliphatic carbocycles. The van der Waals surface area contributed by atoms with Crippen LogP contribution < -0.4 is 5.32 Å². The third kappa shape index (κ3) is 7.43. The summed E-state index contributed by atoms with van der Waals surface area (Å²) in [5.74, 6) is -0.0282. The van der Waals surface area contributed by atoms with Gasteiger partial charge in [-0.05, 0) is 49.6 Å². The Kier molecular flexibility index (Phi) is 9.85. The van der Waals surface area contributed by atoms with Gasteiger partial charge in [-0.25, -0.2) is 4.39 Å². The van der Waals surface area contributed by atoms with E-state index in [0.29, 0.717) is 17.9 Å². The molecule has 0 heterocycles. The quantitative estimate of drug-likeness (QED) is 0.496. The lowest BCUT2D eigenvalue weighted by atomic mass is 10.1. The Morgan fingerprint density at radius 2 is 1.90 bits per heavy atom. The van der Waals surface area contributed by atoms with Crippen molar-refractivity contribution in [2.24, 2.45) is 0 Å². The highest BCUT2D eigenvalue weighted by Crippen LogP contribution is 2.19. The summed E-state index contributed by atoms with van der Waals surface area (Å²) in [6.07, 6.45) is 0.816. The number of nitrogens with zero attached hydrogens (tertiary/aromatic N) is 1. The molecule has 0 saturated carbocycles. The van der Waals surface area contributed by atoms with Crippen molar-refractivity contribution in [2.75, 3.05) is 5.75 Å². The fourth-order valence-corrected chi connectivity index (χ4v) is 4.17. The van der Waals surface area contributed by atoms with Crippen molar-refractivity contribution in [2.45, 2.75) is 51.6 Å². The molecule has 30 heavy (non-hydrogen) atoms. The van der Waals surface area contributed by atoms with E-state index in [1.54, 1.807) is 30.0 Å². The van der Waals surface area contributed by atoms with Crippen molar-refractivity contribution in [1.82, 2.24) is 10.2 Å².